The molecular weight excluding hydrogens is 312 g/mol. The van der Waals surface area contributed by atoms with Crippen LogP contribution in [0.15, 0.2) is 39.5 Å². The van der Waals surface area contributed by atoms with Gasteiger partial charge in [-0.25, -0.2) is 4.79 Å². The molecule has 1 aromatic heterocycles. The van der Waals surface area contributed by atoms with Gasteiger partial charge in [-0.05, 0) is 80.0 Å². The van der Waals surface area contributed by atoms with Gasteiger partial charge in [-0.3, -0.25) is 0 Å². The average Bonchev–Trinajstić information content (AvgIpc) is 3.07. The van der Waals surface area contributed by atoms with E-state index in [2.05, 4.69) is 32.9 Å². The van der Waals surface area contributed by atoms with Crippen molar-refractivity contribution in [2.75, 3.05) is 0 Å². The topological polar surface area (TPSA) is 39.4 Å². The summed E-state index contributed by atoms with van der Waals surface area (Å²) in [6.45, 7) is 6.85. The van der Waals surface area contributed by atoms with E-state index in [0.29, 0.717) is 12.2 Å². The van der Waals surface area contributed by atoms with E-state index in [9.17, 15) is 4.79 Å². The molecule has 25 heavy (non-hydrogen) atoms. The number of aryl methyl sites for hydroxylation is 4. The van der Waals surface area contributed by atoms with Crippen molar-refractivity contribution >= 4 is 11.0 Å². The summed E-state index contributed by atoms with van der Waals surface area (Å²) in [5.41, 5.74) is 7.41. The van der Waals surface area contributed by atoms with Crippen molar-refractivity contribution in [2.24, 2.45) is 0 Å². The predicted octanol–water partition coefficient (Wildman–Crippen LogP) is 4.79. The molecule has 0 amide bonds. The van der Waals surface area contributed by atoms with Crippen molar-refractivity contribution < 1.29 is 9.15 Å². The highest BCUT2D eigenvalue weighted by Gasteiger charge is 2.19. The van der Waals surface area contributed by atoms with Gasteiger partial charge in [-0.1, -0.05) is 12.1 Å². The lowest BCUT2D eigenvalue weighted by molar-refractivity contribution is 0.305. The minimum atomic E-state index is -0.192. The molecule has 128 valence electrons. The van der Waals surface area contributed by atoms with E-state index < -0.39 is 0 Å². The second kappa shape index (κ2) is 6.07. The summed E-state index contributed by atoms with van der Waals surface area (Å²) in [7, 11) is 0. The Kier molecular flexibility index (Phi) is 3.87. The third-order valence-electron chi connectivity index (χ3n) is 5.29. The van der Waals surface area contributed by atoms with Gasteiger partial charge < -0.3 is 9.15 Å². The maximum atomic E-state index is 12.1. The number of rotatable bonds is 3. The van der Waals surface area contributed by atoms with Crippen molar-refractivity contribution in [2.45, 2.75) is 46.6 Å². The monoisotopic (exact) mass is 334 g/mol. The molecule has 0 aliphatic heterocycles. The lowest BCUT2D eigenvalue weighted by Crippen LogP contribution is -2.07. The van der Waals surface area contributed by atoms with Gasteiger partial charge in [0, 0.05) is 17.0 Å². The Morgan fingerprint density at radius 3 is 2.56 bits per heavy atom. The van der Waals surface area contributed by atoms with Crippen LogP contribution < -0.4 is 10.4 Å². The Morgan fingerprint density at radius 1 is 0.960 bits per heavy atom. The summed E-state index contributed by atoms with van der Waals surface area (Å²) in [5.74, 6) is 0.728. The fourth-order valence-electron chi connectivity index (χ4n) is 3.69. The number of fused-ring (bicyclic) bond motifs is 3. The van der Waals surface area contributed by atoms with E-state index in [-0.39, 0.29) is 5.63 Å². The van der Waals surface area contributed by atoms with E-state index in [1.807, 2.05) is 18.2 Å². The number of hydrogen-bond acceptors (Lipinski definition) is 3. The van der Waals surface area contributed by atoms with Gasteiger partial charge in [0.15, 0.2) is 0 Å². The Hall–Kier alpha value is -2.55. The summed E-state index contributed by atoms with van der Waals surface area (Å²) < 4.78 is 11.5. The SMILES string of the molecule is Cc1cc(C)c(COc2ccc3c4c(c(=O)oc3c2)CCC4)cc1C. The predicted molar refractivity (Wildman–Crippen MR) is 99.5 cm³/mol. The van der Waals surface area contributed by atoms with Crippen LogP contribution in [0.3, 0.4) is 0 Å². The van der Waals surface area contributed by atoms with E-state index in [1.165, 1.54) is 22.3 Å². The standard InChI is InChI=1S/C22H22O3/c1-13-9-15(3)16(10-14(13)2)12-24-17-7-8-19-18-5-4-6-20(18)22(23)25-21(19)11-17/h7-11H,4-6,12H2,1-3H3. The first-order valence-corrected chi connectivity index (χ1v) is 8.81. The molecule has 0 radical (unpaired) electrons. The minimum absolute atomic E-state index is 0.192. The molecule has 3 aromatic rings. The second-order valence-electron chi connectivity index (χ2n) is 7.01. The third kappa shape index (κ3) is 2.84. The summed E-state index contributed by atoms with van der Waals surface area (Å²) >= 11 is 0. The van der Waals surface area contributed by atoms with Crippen LogP contribution in [0.4, 0.5) is 0 Å². The second-order valence-corrected chi connectivity index (χ2v) is 7.01. The smallest absolute Gasteiger partial charge is 0.339 e. The van der Waals surface area contributed by atoms with Crippen LogP contribution in [0, 0.1) is 20.8 Å². The summed E-state index contributed by atoms with van der Waals surface area (Å²) in [4.78, 5) is 12.1. The molecule has 0 unspecified atom stereocenters. The highest BCUT2D eigenvalue weighted by Crippen LogP contribution is 2.30. The molecule has 1 aliphatic carbocycles. The van der Waals surface area contributed by atoms with Crippen LogP contribution in [0.5, 0.6) is 5.75 Å². The first-order chi connectivity index (χ1) is 12.0. The molecule has 0 N–H and O–H groups in total. The van der Waals surface area contributed by atoms with Crippen molar-refractivity contribution in [3.63, 3.8) is 0 Å². The molecule has 0 saturated heterocycles. The fraction of sp³-hybridized carbons (Fsp3) is 0.318. The molecule has 0 bridgehead atoms. The number of ether oxygens (including phenoxy) is 1. The lowest BCUT2D eigenvalue weighted by Gasteiger charge is -2.12. The fourth-order valence-corrected chi connectivity index (χ4v) is 3.69. The molecule has 1 aliphatic rings. The molecule has 0 fully saturated rings. The highest BCUT2D eigenvalue weighted by molar-refractivity contribution is 5.83. The quantitative estimate of drug-likeness (QED) is 0.647. The Bertz CT molecular complexity index is 1030. The van der Waals surface area contributed by atoms with Crippen LogP contribution >= 0.6 is 0 Å². The molecule has 3 heteroatoms. The van der Waals surface area contributed by atoms with E-state index in [0.717, 1.165) is 41.5 Å². The maximum Gasteiger partial charge on any atom is 0.339 e. The highest BCUT2D eigenvalue weighted by atomic mass is 16.5. The van der Waals surface area contributed by atoms with E-state index in [1.54, 1.807) is 0 Å². The maximum absolute atomic E-state index is 12.1. The largest absolute Gasteiger partial charge is 0.489 e. The molecule has 4 rings (SSSR count). The average molecular weight is 334 g/mol. The van der Waals surface area contributed by atoms with Gasteiger partial charge >= 0.3 is 5.63 Å². The van der Waals surface area contributed by atoms with Crippen molar-refractivity contribution in [1.82, 2.24) is 0 Å². The van der Waals surface area contributed by atoms with E-state index >= 15 is 0 Å². The molecule has 1 heterocycles. The Morgan fingerprint density at radius 2 is 1.72 bits per heavy atom. The molecule has 3 nitrogen and oxygen atoms in total. The normalized spacial score (nSPS) is 13.2. The number of benzene rings is 2. The lowest BCUT2D eigenvalue weighted by atomic mass is 10.0. The Balaban J connectivity index is 1.64. The molecule has 0 atom stereocenters. The zero-order valence-corrected chi connectivity index (χ0v) is 14.9. The summed E-state index contributed by atoms with van der Waals surface area (Å²) in [6, 6.07) is 10.2. The van der Waals surface area contributed by atoms with Gasteiger partial charge in [0.25, 0.3) is 0 Å². The van der Waals surface area contributed by atoms with Crippen LogP contribution in [-0.4, -0.2) is 0 Å². The van der Waals surface area contributed by atoms with Crippen LogP contribution in [0.2, 0.25) is 0 Å². The van der Waals surface area contributed by atoms with Gasteiger partial charge in [-0.2, -0.15) is 0 Å². The van der Waals surface area contributed by atoms with Crippen LogP contribution in [0.1, 0.15) is 39.8 Å². The van der Waals surface area contributed by atoms with Gasteiger partial charge in [-0.15, -0.1) is 0 Å². The van der Waals surface area contributed by atoms with Crippen molar-refractivity contribution in [3.05, 3.63) is 74.1 Å². The molecular formula is C22H22O3. The van der Waals surface area contributed by atoms with E-state index in [4.69, 9.17) is 9.15 Å². The van der Waals surface area contributed by atoms with Crippen LogP contribution in [-0.2, 0) is 19.4 Å². The zero-order valence-electron chi connectivity index (χ0n) is 14.9. The first kappa shape index (κ1) is 15.9. The van der Waals surface area contributed by atoms with Crippen LogP contribution in [0.25, 0.3) is 11.0 Å². The van der Waals surface area contributed by atoms with Crippen molar-refractivity contribution in [1.29, 1.82) is 0 Å². The summed E-state index contributed by atoms with van der Waals surface area (Å²) in [5, 5.41) is 1.04. The zero-order chi connectivity index (χ0) is 17.6. The third-order valence-corrected chi connectivity index (χ3v) is 5.29. The van der Waals surface area contributed by atoms with Gasteiger partial charge in [0.1, 0.15) is 17.9 Å². The summed E-state index contributed by atoms with van der Waals surface area (Å²) in [6.07, 6.45) is 2.82. The van der Waals surface area contributed by atoms with Gasteiger partial charge in [0.05, 0.1) is 0 Å². The number of hydrogen-bond donors (Lipinski definition) is 0. The van der Waals surface area contributed by atoms with Crippen molar-refractivity contribution in [3.8, 4) is 5.75 Å². The molecule has 0 spiro atoms. The first-order valence-electron chi connectivity index (χ1n) is 8.81. The minimum Gasteiger partial charge on any atom is -0.489 e. The Labute approximate surface area is 147 Å². The van der Waals surface area contributed by atoms with Gasteiger partial charge in [0.2, 0.25) is 0 Å². The molecule has 0 saturated carbocycles. The molecule has 2 aromatic carbocycles.